The molecule has 3 rings (SSSR count). The summed E-state index contributed by atoms with van der Waals surface area (Å²) in [5.74, 6) is -1.02. The van der Waals surface area contributed by atoms with Gasteiger partial charge in [0.05, 0.1) is 11.6 Å². The topological polar surface area (TPSA) is 75.6 Å². The molecule has 5 nitrogen and oxygen atoms in total. The van der Waals surface area contributed by atoms with E-state index in [1.165, 1.54) is 42.2 Å². The van der Waals surface area contributed by atoms with Gasteiger partial charge in [0.2, 0.25) is 0 Å². The molecule has 1 aliphatic rings. The summed E-state index contributed by atoms with van der Waals surface area (Å²) in [5, 5.41) is 12.2. The molecule has 0 aromatic heterocycles. The van der Waals surface area contributed by atoms with Crippen molar-refractivity contribution < 1.29 is 19.4 Å². The lowest BCUT2D eigenvalue weighted by atomic mass is 9.89. The van der Waals surface area contributed by atoms with Crippen LogP contribution in [0, 0.1) is 0 Å². The molecule has 1 unspecified atom stereocenters. The normalized spacial score (nSPS) is 14.2. The molecule has 0 radical (unpaired) electrons. The molecule has 5 heteroatoms. The van der Waals surface area contributed by atoms with Crippen LogP contribution in [0.25, 0.3) is 0 Å². The molecule has 1 aliphatic carbocycles. The minimum absolute atomic E-state index is 0.0232. The van der Waals surface area contributed by atoms with Crippen LogP contribution in [0.15, 0.2) is 42.5 Å². The average Bonchev–Trinajstić information content (AvgIpc) is 2.65. The predicted molar refractivity (Wildman–Crippen MR) is 98.0 cm³/mol. The summed E-state index contributed by atoms with van der Waals surface area (Å²) in [6, 6.07) is 12.0. The number of hydrogen-bond acceptors (Lipinski definition) is 4. The summed E-state index contributed by atoms with van der Waals surface area (Å²) < 4.78 is 5.01. The number of phenolic OH excluding ortho intramolecular Hbond substituents is 1. The highest BCUT2D eigenvalue weighted by molar-refractivity contribution is 5.91. The number of phenols is 1. The number of aryl methyl sites for hydroxylation is 2. The van der Waals surface area contributed by atoms with Gasteiger partial charge in [-0.1, -0.05) is 24.3 Å². The molecular formula is C21H23NO4. The SMILES string of the molecule is CC(NC(=O)COC(=O)c1cccc(O)c1)c1ccc2c(c1)CCCC2. The Morgan fingerprint density at radius 3 is 2.65 bits per heavy atom. The van der Waals surface area contributed by atoms with Gasteiger partial charge >= 0.3 is 5.97 Å². The Kier molecular flexibility index (Phi) is 5.56. The standard InChI is InChI=1S/C21H23NO4/c1-14(16-10-9-15-5-2-3-6-17(15)11-16)22-20(24)13-26-21(25)18-7-4-8-19(23)12-18/h4,7-12,14,23H,2-3,5-6,13H2,1H3,(H,22,24). The van der Waals surface area contributed by atoms with Crippen LogP contribution in [0.4, 0.5) is 0 Å². The molecule has 136 valence electrons. The van der Waals surface area contributed by atoms with Crippen molar-refractivity contribution in [2.24, 2.45) is 0 Å². The van der Waals surface area contributed by atoms with E-state index in [0.717, 1.165) is 18.4 Å². The number of aromatic hydroxyl groups is 1. The summed E-state index contributed by atoms with van der Waals surface area (Å²) >= 11 is 0. The molecule has 0 heterocycles. The molecule has 1 amide bonds. The predicted octanol–water partition coefficient (Wildman–Crippen LogP) is 3.31. The Morgan fingerprint density at radius 2 is 1.88 bits per heavy atom. The fourth-order valence-electron chi connectivity index (χ4n) is 3.24. The van der Waals surface area contributed by atoms with E-state index in [1.54, 1.807) is 6.07 Å². The third kappa shape index (κ3) is 4.42. The summed E-state index contributed by atoms with van der Waals surface area (Å²) in [6.07, 6.45) is 4.66. The van der Waals surface area contributed by atoms with Crippen LogP contribution in [-0.4, -0.2) is 23.6 Å². The van der Waals surface area contributed by atoms with Gasteiger partial charge in [-0.05, 0) is 67.5 Å². The lowest BCUT2D eigenvalue weighted by Crippen LogP contribution is -2.31. The first kappa shape index (κ1) is 18.0. The highest BCUT2D eigenvalue weighted by Crippen LogP contribution is 2.24. The molecule has 0 saturated heterocycles. The summed E-state index contributed by atoms with van der Waals surface area (Å²) in [5.41, 5.74) is 4.03. The number of carbonyl (C=O) groups is 2. The average molecular weight is 353 g/mol. The molecule has 0 saturated carbocycles. The zero-order chi connectivity index (χ0) is 18.5. The molecule has 0 fully saturated rings. The van der Waals surface area contributed by atoms with Gasteiger partial charge in [-0.15, -0.1) is 0 Å². The van der Waals surface area contributed by atoms with Crippen LogP contribution in [0.2, 0.25) is 0 Å². The lowest BCUT2D eigenvalue weighted by Gasteiger charge is -2.20. The van der Waals surface area contributed by atoms with Crippen LogP contribution in [0.5, 0.6) is 5.75 Å². The van der Waals surface area contributed by atoms with E-state index in [9.17, 15) is 14.7 Å². The van der Waals surface area contributed by atoms with Crippen LogP contribution >= 0.6 is 0 Å². The number of amides is 1. The van der Waals surface area contributed by atoms with Gasteiger partial charge < -0.3 is 15.2 Å². The molecule has 2 aromatic carbocycles. The second-order valence-corrected chi connectivity index (χ2v) is 6.65. The molecule has 26 heavy (non-hydrogen) atoms. The van der Waals surface area contributed by atoms with E-state index < -0.39 is 5.97 Å². The molecule has 1 atom stereocenters. The zero-order valence-corrected chi connectivity index (χ0v) is 14.8. The summed E-state index contributed by atoms with van der Waals surface area (Å²) in [4.78, 5) is 24.0. The Bertz CT molecular complexity index is 815. The maximum atomic E-state index is 12.1. The number of esters is 1. The van der Waals surface area contributed by atoms with E-state index in [4.69, 9.17) is 4.74 Å². The maximum Gasteiger partial charge on any atom is 0.338 e. The van der Waals surface area contributed by atoms with Crippen molar-refractivity contribution in [1.82, 2.24) is 5.32 Å². The Hall–Kier alpha value is -2.82. The number of hydrogen-bond donors (Lipinski definition) is 2. The second-order valence-electron chi connectivity index (χ2n) is 6.65. The highest BCUT2D eigenvalue weighted by atomic mass is 16.5. The number of carbonyl (C=O) groups excluding carboxylic acids is 2. The van der Waals surface area contributed by atoms with Crippen LogP contribution in [0.3, 0.4) is 0 Å². The van der Waals surface area contributed by atoms with E-state index in [-0.39, 0.29) is 29.9 Å². The first-order valence-electron chi connectivity index (χ1n) is 8.90. The third-order valence-corrected chi connectivity index (χ3v) is 4.67. The Morgan fingerprint density at radius 1 is 1.12 bits per heavy atom. The van der Waals surface area contributed by atoms with Crippen molar-refractivity contribution in [3.63, 3.8) is 0 Å². The monoisotopic (exact) mass is 353 g/mol. The van der Waals surface area contributed by atoms with Gasteiger partial charge in [0.1, 0.15) is 5.75 Å². The smallest absolute Gasteiger partial charge is 0.338 e. The summed E-state index contributed by atoms with van der Waals surface area (Å²) in [6.45, 7) is 1.56. The molecule has 0 aliphatic heterocycles. The first-order chi connectivity index (χ1) is 12.5. The van der Waals surface area contributed by atoms with Crippen molar-refractivity contribution in [3.05, 3.63) is 64.7 Å². The van der Waals surface area contributed by atoms with E-state index >= 15 is 0 Å². The second kappa shape index (κ2) is 8.04. The third-order valence-electron chi connectivity index (χ3n) is 4.67. The van der Waals surface area contributed by atoms with Crippen molar-refractivity contribution in [3.8, 4) is 5.75 Å². The molecule has 0 spiro atoms. The van der Waals surface area contributed by atoms with Gasteiger partial charge in [-0.3, -0.25) is 4.79 Å². The first-order valence-corrected chi connectivity index (χ1v) is 8.90. The Balaban J connectivity index is 1.53. The van der Waals surface area contributed by atoms with Crippen molar-refractivity contribution in [1.29, 1.82) is 0 Å². The zero-order valence-electron chi connectivity index (χ0n) is 14.8. The van der Waals surface area contributed by atoms with Crippen molar-refractivity contribution in [2.45, 2.75) is 38.6 Å². The minimum Gasteiger partial charge on any atom is -0.508 e. The maximum absolute atomic E-state index is 12.1. The van der Waals surface area contributed by atoms with Gasteiger partial charge in [0.15, 0.2) is 6.61 Å². The minimum atomic E-state index is -0.641. The van der Waals surface area contributed by atoms with Crippen LogP contribution < -0.4 is 5.32 Å². The number of ether oxygens (including phenoxy) is 1. The number of benzene rings is 2. The van der Waals surface area contributed by atoms with Gasteiger partial charge in [0, 0.05) is 0 Å². The fourth-order valence-corrected chi connectivity index (χ4v) is 3.24. The van der Waals surface area contributed by atoms with Gasteiger partial charge in [0.25, 0.3) is 5.91 Å². The quantitative estimate of drug-likeness (QED) is 0.809. The number of nitrogens with one attached hydrogen (secondary N) is 1. The van der Waals surface area contributed by atoms with Gasteiger partial charge in [-0.25, -0.2) is 4.79 Å². The van der Waals surface area contributed by atoms with Crippen molar-refractivity contribution in [2.75, 3.05) is 6.61 Å². The summed E-state index contributed by atoms with van der Waals surface area (Å²) in [7, 11) is 0. The van der Waals surface area contributed by atoms with E-state index in [1.807, 2.05) is 13.0 Å². The van der Waals surface area contributed by atoms with Crippen LogP contribution in [0.1, 0.15) is 52.9 Å². The molecule has 2 aromatic rings. The van der Waals surface area contributed by atoms with Crippen molar-refractivity contribution >= 4 is 11.9 Å². The fraction of sp³-hybridized carbons (Fsp3) is 0.333. The van der Waals surface area contributed by atoms with E-state index in [2.05, 4.69) is 17.4 Å². The lowest BCUT2D eigenvalue weighted by molar-refractivity contribution is -0.124. The van der Waals surface area contributed by atoms with Crippen LogP contribution in [-0.2, 0) is 22.4 Å². The molecular weight excluding hydrogens is 330 g/mol. The largest absolute Gasteiger partial charge is 0.508 e. The number of fused-ring (bicyclic) bond motifs is 1. The Labute approximate surface area is 153 Å². The van der Waals surface area contributed by atoms with Gasteiger partial charge in [-0.2, -0.15) is 0 Å². The molecule has 0 bridgehead atoms. The van der Waals surface area contributed by atoms with E-state index in [0.29, 0.717) is 0 Å². The highest BCUT2D eigenvalue weighted by Gasteiger charge is 2.15. The molecule has 2 N–H and O–H groups in total. The number of rotatable bonds is 5.